The van der Waals surface area contributed by atoms with Crippen molar-refractivity contribution in [1.82, 2.24) is 4.90 Å². The second-order valence-electron chi connectivity index (χ2n) is 8.04. The number of thiophene rings is 1. The number of nitro benzene ring substituents is 1. The number of ether oxygens (including phenoxy) is 1. The average Bonchev–Trinajstić information content (AvgIpc) is 3.18. The summed E-state index contributed by atoms with van der Waals surface area (Å²) in [7, 11) is 0. The van der Waals surface area contributed by atoms with Crippen LogP contribution in [-0.4, -0.2) is 41.3 Å². The summed E-state index contributed by atoms with van der Waals surface area (Å²) in [5.41, 5.74) is 2.07. The standard InChI is InChI=1S/C25H25N3O5S/c1-17-22(25(30)27-14-8-3-9-15-27)24(34-23(17)18-10-4-2-5-11-18)26-21(29)16-33-20-13-7-6-12-19(20)28(31)32/h2,4-7,10-13H,3,8-9,14-16H2,1H3,(H,26,29). The van der Waals surface area contributed by atoms with Crippen LogP contribution in [0.15, 0.2) is 54.6 Å². The lowest BCUT2D eigenvalue weighted by atomic mass is 10.0. The van der Waals surface area contributed by atoms with Crippen LogP contribution in [0.3, 0.4) is 0 Å². The number of nitro groups is 1. The van der Waals surface area contributed by atoms with Crippen LogP contribution >= 0.6 is 11.3 Å². The van der Waals surface area contributed by atoms with Crippen molar-refractivity contribution in [1.29, 1.82) is 0 Å². The zero-order valence-corrected chi connectivity index (χ0v) is 19.6. The van der Waals surface area contributed by atoms with Gasteiger partial charge in [-0.25, -0.2) is 0 Å². The fraction of sp³-hybridized carbons (Fsp3) is 0.280. The van der Waals surface area contributed by atoms with Crippen molar-refractivity contribution in [2.45, 2.75) is 26.2 Å². The number of carbonyl (C=O) groups is 2. The fourth-order valence-corrected chi connectivity index (χ4v) is 5.24. The van der Waals surface area contributed by atoms with Gasteiger partial charge in [0.2, 0.25) is 0 Å². The van der Waals surface area contributed by atoms with Crippen molar-refractivity contribution in [3.05, 3.63) is 75.8 Å². The van der Waals surface area contributed by atoms with Crippen molar-refractivity contribution in [3.8, 4) is 16.2 Å². The van der Waals surface area contributed by atoms with Crippen molar-refractivity contribution >= 4 is 33.8 Å². The Morgan fingerprint density at radius 1 is 1.06 bits per heavy atom. The number of amides is 2. The fourth-order valence-electron chi connectivity index (χ4n) is 4.02. The van der Waals surface area contributed by atoms with Gasteiger partial charge in [0, 0.05) is 24.0 Å². The third-order valence-corrected chi connectivity index (χ3v) is 6.97. The first-order chi connectivity index (χ1) is 16.5. The molecule has 3 aromatic rings. The number of para-hydroxylation sites is 2. The number of piperidine rings is 1. The molecule has 1 aliphatic heterocycles. The molecule has 0 unspecified atom stereocenters. The Morgan fingerprint density at radius 2 is 1.74 bits per heavy atom. The van der Waals surface area contributed by atoms with Gasteiger partial charge in [0.25, 0.3) is 11.8 Å². The lowest BCUT2D eigenvalue weighted by Gasteiger charge is -2.27. The molecule has 1 saturated heterocycles. The number of nitrogens with one attached hydrogen (secondary N) is 1. The van der Waals surface area contributed by atoms with Gasteiger partial charge >= 0.3 is 5.69 Å². The van der Waals surface area contributed by atoms with Crippen molar-refractivity contribution in [3.63, 3.8) is 0 Å². The number of rotatable bonds is 7. The number of anilines is 1. The molecule has 0 bridgehead atoms. The van der Waals surface area contributed by atoms with Crippen LogP contribution in [0, 0.1) is 17.0 Å². The molecule has 0 spiro atoms. The average molecular weight is 480 g/mol. The normalized spacial score (nSPS) is 13.4. The Kier molecular flexibility index (Phi) is 7.22. The van der Waals surface area contributed by atoms with Crippen molar-refractivity contribution < 1.29 is 19.2 Å². The third-order valence-electron chi connectivity index (χ3n) is 5.71. The highest BCUT2D eigenvalue weighted by atomic mass is 32.1. The van der Waals surface area contributed by atoms with Gasteiger partial charge in [-0.3, -0.25) is 19.7 Å². The number of benzene rings is 2. The maximum absolute atomic E-state index is 13.4. The van der Waals surface area contributed by atoms with E-state index >= 15 is 0 Å². The van der Waals surface area contributed by atoms with Gasteiger partial charge in [0.15, 0.2) is 12.4 Å². The van der Waals surface area contributed by atoms with Crippen LogP contribution in [0.4, 0.5) is 10.7 Å². The zero-order chi connectivity index (χ0) is 24.1. The molecule has 1 N–H and O–H groups in total. The molecular formula is C25H25N3O5S. The molecule has 2 heterocycles. The second kappa shape index (κ2) is 10.5. The highest BCUT2D eigenvalue weighted by Crippen LogP contribution is 2.40. The molecule has 0 aliphatic carbocycles. The van der Waals surface area contributed by atoms with E-state index in [1.807, 2.05) is 42.2 Å². The number of hydrogen-bond donors (Lipinski definition) is 1. The maximum atomic E-state index is 13.4. The zero-order valence-electron chi connectivity index (χ0n) is 18.8. The summed E-state index contributed by atoms with van der Waals surface area (Å²) < 4.78 is 5.43. The van der Waals surface area contributed by atoms with Gasteiger partial charge in [-0.2, -0.15) is 0 Å². The minimum Gasteiger partial charge on any atom is -0.477 e. The van der Waals surface area contributed by atoms with Gasteiger partial charge in [-0.1, -0.05) is 42.5 Å². The molecule has 4 rings (SSSR count). The first-order valence-electron chi connectivity index (χ1n) is 11.1. The van der Waals surface area contributed by atoms with E-state index in [2.05, 4.69) is 5.32 Å². The van der Waals surface area contributed by atoms with E-state index in [0.29, 0.717) is 23.7 Å². The largest absolute Gasteiger partial charge is 0.477 e. The van der Waals surface area contributed by atoms with E-state index < -0.39 is 17.4 Å². The monoisotopic (exact) mass is 479 g/mol. The first-order valence-corrected chi connectivity index (χ1v) is 11.9. The molecule has 2 amide bonds. The smallest absolute Gasteiger partial charge is 0.310 e. The highest BCUT2D eigenvalue weighted by molar-refractivity contribution is 7.20. The van der Waals surface area contributed by atoms with Crippen molar-refractivity contribution in [2.75, 3.05) is 25.0 Å². The molecule has 0 saturated carbocycles. The molecule has 1 fully saturated rings. The molecule has 0 radical (unpaired) electrons. The van der Waals surface area contributed by atoms with E-state index in [1.165, 1.54) is 29.5 Å². The SMILES string of the molecule is Cc1c(-c2ccccc2)sc(NC(=O)COc2ccccc2[N+](=O)[O-])c1C(=O)N1CCCCC1. The number of nitrogens with zero attached hydrogens (tertiary/aromatic N) is 2. The van der Waals surface area contributed by atoms with E-state index in [9.17, 15) is 19.7 Å². The Labute approximate surface area is 201 Å². The van der Waals surface area contributed by atoms with Crippen LogP contribution < -0.4 is 10.1 Å². The summed E-state index contributed by atoms with van der Waals surface area (Å²) >= 11 is 1.35. The lowest BCUT2D eigenvalue weighted by molar-refractivity contribution is -0.385. The van der Waals surface area contributed by atoms with Crippen LogP contribution in [0.25, 0.3) is 10.4 Å². The predicted molar refractivity (Wildman–Crippen MR) is 131 cm³/mol. The summed E-state index contributed by atoms with van der Waals surface area (Å²) in [4.78, 5) is 39.6. The van der Waals surface area contributed by atoms with Crippen LogP contribution in [-0.2, 0) is 4.79 Å². The van der Waals surface area contributed by atoms with Crippen molar-refractivity contribution in [2.24, 2.45) is 0 Å². The summed E-state index contributed by atoms with van der Waals surface area (Å²) in [6.07, 6.45) is 3.03. The molecule has 34 heavy (non-hydrogen) atoms. The third kappa shape index (κ3) is 5.09. The van der Waals surface area contributed by atoms with Gasteiger partial charge in [-0.05, 0) is 43.4 Å². The highest BCUT2D eigenvalue weighted by Gasteiger charge is 2.28. The lowest BCUT2D eigenvalue weighted by Crippen LogP contribution is -2.36. The molecule has 176 valence electrons. The molecule has 1 aliphatic rings. The molecule has 2 aromatic carbocycles. The van der Waals surface area contributed by atoms with E-state index in [-0.39, 0.29) is 17.3 Å². The van der Waals surface area contributed by atoms with E-state index in [0.717, 1.165) is 35.3 Å². The molecule has 0 atom stereocenters. The second-order valence-corrected chi connectivity index (χ2v) is 9.06. The number of hydrogen-bond acceptors (Lipinski definition) is 6. The molecule has 1 aromatic heterocycles. The van der Waals surface area contributed by atoms with Crippen LogP contribution in [0.5, 0.6) is 5.75 Å². The molecule has 8 nitrogen and oxygen atoms in total. The van der Waals surface area contributed by atoms with Gasteiger partial charge < -0.3 is 15.0 Å². The Hall–Kier alpha value is -3.72. The minimum atomic E-state index is -0.558. The Morgan fingerprint density at radius 3 is 2.44 bits per heavy atom. The first kappa shape index (κ1) is 23.4. The molecular weight excluding hydrogens is 454 g/mol. The summed E-state index contributed by atoms with van der Waals surface area (Å²) in [6, 6.07) is 15.6. The molecule has 9 heteroatoms. The Balaban J connectivity index is 1.59. The predicted octanol–water partition coefficient (Wildman–Crippen LogP) is 5.28. The number of likely N-dealkylation sites (tertiary alicyclic amines) is 1. The summed E-state index contributed by atoms with van der Waals surface area (Å²) in [5.74, 6) is -0.572. The van der Waals surface area contributed by atoms with Crippen LogP contribution in [0.2, 0.25) is 0 Å². The van der Waals surface area contributed by atoms with Crippen LogP contribution in [0.1, 0.15) is 35.2 Å². The van der Waals surface area contributed by atoms with Gasteiger partial charge in [0.05, 0.1) is 10.5 Å². The quantitative estimate of drug-likeness (QED) is 0.367. The van der Waals surface area contributed by atoms with Gasteiger partial charge in [0.1, 0.15) is 5.00 Å². The van der Waals surface area contributed by atoms with Gasteiger partial charge in [-0.15, -0.1) is 11.3 Å². The van der Waals surface area contributed by atoms with E-state index in [1.54, 1.807) is 6.07 Å². The topological polar surface area (TPSA) is 102 Å². The van der Waals surface area contributed by atoms with E-state index in [4.69, 9.17) is 4.74 Å². The number of carbonyl (C=O) groups excluding carboxylic acids is 2. The maximum Gasteiger partial charge on any atom is 0.310 e. The Bertz CT molecular complexity index is 1200. The summed E-state index contributed by atoms with van der Waals surface area (Å²) in [5, 5.41) is 14.5. The summed E-state index contributed by atoms with van der Waals surface area (Å²) in [6.45, 7) is 2.88. The minimum absolute atomic E-state index is 0.0135.